The molecule has 2 aromatic carbocycles. The van der Waals surface area contributed by atoms with E-state index >= 15 is 0 Å². The molecule has 1 heterocycles. The summed E-state index contributed by atoms with van der Waals surface area (Å²) in [6, 6.07) is 14.4. The van der Waals surface area contributed by atoms with Crippen LogP contribution in [0.3, 0.4) is 0 Å². The van der Waals surface area contributed by atoms with E-state index in [4.69, 9.17) is 5.11 Å². The highest BCUT2D eigenvalue weighted by atomic mass is 16.4. The number of carboxylic acids is 1. The highest BCUT2D eigenvalue weighted by molar-refractivity contribution is 5.83. The Labute approximate surface area is 135 Å². The number of rotatable bonds is 4. The SMILES string of the molecule is O=C(O)[C@@H]1CCCN(C(=O)CCc2ccc3ccccc3c2)C1. The number of likely N-dealkylation sites (tertiary alicyclic amines) is 1. The number of aryl methyl sites for hydroxylation is 1. The van der Waals surface area contributed by atoms with E-state index in [-0.39, 0.29) is 5.91 Å². The van der Waals surface area contributed by atoms with Crippen LogP contribution in [0.4, 0.5) is 0 Å². The van der Waals surface area contributed by atoms with Crippen LogP contribution in [0.25, 0.3) is 10.8 Å². The molecule has 1 fully saturated rings. The Morgan fingerprint density at radius 3 is 2.70 bits per heavy atom. The predicted molar refractivity (Wildman–Crippen MR) is 89.2 cm³/mol. The van der Waals surface area contributed by atoms with Crippen molar-refractivity contribution >= 4 is 22.6 Å². The molecule has 1 N–H and O–H groups in total. The van der Waals surface area contributed by atoms with Crippen molar-refractivity contribution in [2.24, 2.45) is 5.92 Å². The molecule has 1 amide bonds. The van der Waals surface area contributed by atoms with Gasteiger partial charge in [0.2, 0.25) is 5.91 Å². The van der Waals surface area contributed by atoms with E-state index in [1.165, 1.54) is 10.8 Å². The maximum atomic E-state index is 12.3. The molecule has 120 valence electrons. The smallest absolute Gasteiger partial charge is 0.308 e. The first-order valence-corrected chi connectivity index (χ1v) is 8.12. The van der Waals surface area contributed by atoms with Gasteiger partial charge in [0.1, 0.15) is 0 Å². The Kier molecular flexibility index (Phi) is 4.60. The molecule has 4 nitrogen and oxygen atoms in total. The van der Waals surface area contributed by atoms with Gasteiger partial charge in [-0.15, -0.1) is 0 Å². The van der Waals surface area contributed by atoms with Gasteiger partial charge in [-0.05, 0) is 35.6 Å². The Morgan fingerprint density at radius 2 is 1.91 bits per heavy atom. The number of carboxylic acid groups (broad SMARTS) is 1. The number of hydrogen-bond acceptors (Lipinski definition) is 2. The van der Waals surface area contributed by atoms with Crippen LogP contribution >= 0.6 is 0 Å². The summed E-state index contributed by atoms with van der Waals surface area (Å²) in [7, 11) is 0. The molecule has 0 aromatic heterocycles. The number of hydrogen-bond donors (Lipinski definition) is 1. The topological polar surface area (TPSA) is 57.6 Å². The fraction of sp³-hybridized carbons (Fsp3) is 0.368. The Bertz CT molecular complexity index is 725. The summed E-state index contributed by atoms with van der Waals surface area (Å²) in [6.07, 6.45) is 2.57. The molecule has 0 unspecified atom stereocenters. The van der Waals surface area contributed by atoms with Gasteiger partial charge in [-0.1, -0.05) is 42.5 Å². The molecule has 1 aliphatic rings. The summed E-state index contributed by atoms with van der Waals surface area (Å²) in [4.78, 5) is 25.1. The van der Waals surface area contributed by atoms with Crippen molar-refractivity contribution in [1.82, 2.24) is 4.90 Å². The molecule has 0 aliphatic carbocycles. The lowest BCUT2D eigenvalue weighted by Crippen LogP contribution is -2.42. The van der Waals surface area contributed by atoms with E-state index in [0.717, 1.165) is 12.0 Å². The van der Waals surface area contributed by atoms with Crippen LogP contribution in [0.5, 0.6) is 0 Å². The average molecular weight is 311 g/mol. The maximum Gasteiger partial charge on any atom is 0.308 e. The van der Waals surface area contributed by atoms with E-state index < -0.39 is 11.9 Å². The largest absolute Gasteiger partial charge is 0.481 e. The molecule has 1 saturated heterocycles. The zero-order valence-electron chi connectivity index (χ0n) is 13.1. The summed E-state index contributed by atoms with van der Waals surface area (Å²) < 4.78 is 0. The first kappa shape index (κ1) is 15.5. The first-order chi connectivity index (χ1) is 11.1. The van der Waals surface area contributed by atoms with Gasteiger partial charge >= 0.3 is 5.97 Å². The van der Waals surface area contributed by atoms with Gasteiger partial charge in [0, 0.05) is 19.5 Å². The van der Waals surface area contributed by atoms with Gasteiger partial charge in [0.25, 0.3) is 0 Å². The standard InChI is InChI=1S/C19H21NO3/c21-18(20-11-3-6-17(13-20)19(22)23)10-8-14-7-9-15-4-1-2-5-16(15)12-14/h1-2,4-5,7,9,12,17H,3,6,8,10-11,13H2,(H,22,23)/t17-/m1/s1. The van der Waals surface area contributed by atoms with Crippen molar-refractivity contribution in [3.05, 3.63) is 48.0 Å². The number of fused-ring (bicyclic) bond motifs is 1. The van der Waals surface area contributed by atoms with Gasteiger partial charge < -0.3 is 10.0 Å². The fourth-order valence-electron chi connectivity index (χ4n) is 3.21. The molecule has 2 aromatic rings. The third kappa shape index (κ3) is 3.70. The van der Waals surface area contributed by atoms with Gasteiger partial charge in [-0.25, -0.2) is 0 Å². The number of benzene rings is 2. The lowest BCUT2D eigenvalue weighted by molar-refractivity contribution is -0.145. The average Bonchev–Trinajstić information content (AvgIpc) is 2.59. The molecule has 0 bridgehead atoms. The predicted octanol–water partition coefficient (Wildman–Crippen LogP) is 3.10. The monoisotopic (exact) mass is 311 g/mol. The van der Waals surface area contributed by atoms with Crippen LogP contribution in [0.15, 0.2) is 42.5 Å². The lowest BCUT2D eigenvalue weighted by Gasteiger charge is -2.30. The second-order valence-electron chi connectivity index (χ2n) is 6.20. The van der Waals surface area contributed by atoms with E-state index in [0.29, 0.717) is 32.4 Å². The van der Waals surface area contributed by atoms with E-state index in [2.05, 4.69) is 30.3 Å². The Balaban J connectivity index is 1.60. The van der Waals surface area contributed by atoms with Crippen molar-refractivity contribution in [3.63, 3.8) is 0 Å². The molecule has 0 saturated carbocycles. The maximum absolute atomic E-state index is 12.3. The molecular weight excluding hydrogens is 290 g/mol. The van der Waals surface area contributed by atoms with Crippen molar-refractivity contribution in [3.8, 4) is 0 Å². The minimum atomic E-state index is -0.794. The Morgan fingerprint density at radius 1 is 1.13 bits per heavy atom. The second kappa shape index (κ2) is 6.82. The number of piperidine rings is 1. The zero-order chi connectivity index (χ0) is 16.2. The minimum Gasteiger partial charge on any atom is -0.481 e. The van der Waals surface area contributed by atoms with E-state index in [9.17, 15) is 9.59 Å². The van der Waals surface area contributed by atoms with E-state index in [1.807, 2.05) is 12.1 Å². The number of amides is 1. The third-order valence-corrected chi connectivity index (χ3v) is 4.56. The lowest BCUT2D eigenvalue weighted by atomic mass is 9.97. The molecule has 0 radical (unpaired) electrons. The normalized spacial score (nSPS) is 18.1. The van der Waals surface area contributed by atoms with Crippen LogP contribution in [-0.4, -0.2) is 35.0 Å². The fourth-order valence-corrected chi connectivity index (χ4v) is 3.21. The second-order valence-corrected chi connectivity index (χ2v) is 6.20. The molecule has 1 aliphatic heterocycles. The zero-order valence-corrected chi connectivity index (χ0v) is 13.1. The quantitative estimate of drug-likeness (QED) is 0.944. The molecule has 4 heteroatoms. The van der Waals surface area contributed by atoms with Gasteiger partial charge in [-0.2, -0.15) is 0 Å². The molecule has 23 heavy (non-hydrogen) atoms. The highest BCUT2D eigenvalue weighted by Crippen LogP contribution is 2.19. The summed E-state index contributed by atoms with van der Waals surface area (Å²) in [5.74, 6) is -1.14. The number of carbonyl (C=O) groups is 2. The van der Waals surface area contributed by atoms with E-state index in [1.54, 1.807) is 4.90 Å². The van der Waals surface area contributed by atoms with Crippen LogP contribution in [-0.2, 0) is 16.0 Å². The number of aliphatic carboxylic acids is 1. The van der Waals surface area contributed by atoms with Crippen LogP contribution in [0, 0.1) is 5.92 Å². The van der Waals surface area contributed by atoms with Gasteiger partial charge in [-0.3, -0.25) is 9.59 Å². The third-order valence-electron chi connectivity index (χ3n) is 4.56. The summed E-state index contributed by atoms with van der Waals surface area (Å²) in [5.41, 5.74) is 1.14. The van der Waals surface area contributed by atoms with Gasteiger partial charge in [0.05, 0.1) is 5.92 Å². The van der Waals surface area contributed by atoms with Crippen LogP contribution in [0.2, 0.25) is 0 Å². The summed E-state index contributed by atoms with van der Waals surface area (Å²) in [6.45, 7) is 1.03. The van der Waals surface area contributed by atoms with Crippen molar-refractivity contribution in [2.45, 2.75) is 25.7 Å². The molecular formula is C19H21NO3. The minimum absolute atomic E-state index is 0.0594. The van der Waals surface area contributed by atoms with Crippen molar-refractivity contribution < 1.29 is 14.7 Å². The Hall–Kier alpha value is -2.36. The number of carbonyl (C=O) groups excluding carboxylic acids is 1. The number of nitrogens with zero attached hydrogens (tertiary/aromatic N) is 1. The molecule has 0 spiro atoms. The highest BCUT2D eigenvalue weighted by Gasteiger charge is 2.27. The van der Waals surface area contributed by atoms with Gasteiger partial charge in [0.15, 0.2) is 0 Å². The molecule has 1 atom stereocenters. The van der Waals surface area contributed by atoms with Crippen LogP contribution < -0.4 is 0 Å². The summed E-state index contributed by atoms with van der Waals surface area (Å²) in [5, 5.41) is 11.5. The summed E-state index contributed by atoms with van der Waals surface area (Å²) >= 11 is 0. The first-order valence-electron chi connectivity index (χ1n) is 8.12. The van der Waals surface area contributed by atoms with Crippen molar-refractivity contribution in [2.75, 3.05) is 13.1 Å². The molecule has 3 rings (SSSR count). The van der Waals surface area contributed by atoms with Crippen LogP contribution in [0.1, 0.15) is 24.8 Å². The van der Waals surface area contributed by atoms with Crippen molar-refractivity contribution in [1.29, 1.82) is 0 Å².